The van der Waals surface area contributed by atoms with Crippen LogP contribution in [0.15, 0.2) is 77.7 Å². The molecule has 158 valence electrons. The van der Waals surface area contributed by atoms with Crippen LogP contribution in [0.25, 0.3) is 6.08 Å². The number of nitriles is 1. The van der Waals surface area contributed by atoms with Crippen LogP contribution in [0.3, 0.4) is 0 Å². The Morgan fingerprint density at radius 1 is 0.969 bits per heavy atom. The van der Waals surface area contributed by atoms with Crippen molar-refractivity contribution in [3.63, 3.8) is 0 Å². The minimum absolute atomic E-state index is 0.206. The van der Waals surface area contributed by atoms with Gasteiger partial charge in [-0.25, -0.2) is 4.90 Å². The number of carbonyl (C=O) groups excluding carboxylic acids is 2. The summed E-state index contributed by atoms with van der Waals surface area (Å²) in [7, 11) is 1.49. The van der Waals surface area contributed by atoms with E-state index in [0.29, 0.717) is 28.3 Å². The van der Waals surface area contributed by atoms with Gasteiger partial charge in [-0.05, 0) is 42.1 Å². The van der Waals surface area contributed by atoms with Gasteiger partial charge in [-0.2, -0.15) is 5.26 Å². The van der Waals surface area contributed by atoms with Crippen LogP contribution in [-0.2, 0) is 11.4 Å². The maximum absolute atomic E-state index is 13.0. The molecule has 3 aromatic carbocycles. The zero-order chi connectivity index (χ0) is 22.5. The summed E-state index contributed by atoms with van der Waals surface area (Å²) in [6.07, 6.45) is 1.64. The van der Waals surface area contributed by atoms with E-state index < -0.39 is 11.1 Å². The Morgan fingerprint density at radius 3 is 2.44 bits per heavy atom. The number of hydrogen-bond acceptors (Lipinski definition) is 6. The molecule has 32 heavy (non-hydrogen) atoms. The minimum atomic E-state index is -0.422. The number of para-hydroxylation sites is 3. The molecule has 3 aromatic rings. The SMILES string of the molecule is COc1ccccc1N1C(=O)SC(=Cc2ccccc2OCc2ccccc2C#N)C1=O. The number of carbonyl (C=O) groups is 2. The molecule has 1 saturated heterocycles. The Balaban J connectivity index is 1.60. The summed E-state index contributed by atoms with van der Waals surface area (Å²) in [4.78, 5) is 27.1. The number of benzene rings is 3. The number of thioether (sulfide) groups is 1. The predicted molar refractivity (Wildman–Crippen MR) is 123 cm³/mol. The summed E-state index contributed by atoms with van der Waals surface area (Å²) in [5, 5.41) is 8.87. The zero-order valence-corrected chi connectivity index (χ0v) is 18.0. The molecule has 0 bridgehead atoms. The molecule has 0 aliphatic carbocycles. The molecule has 1 heterocycles. The summed E-state index contributed by atoms with van der Waals surface area (Å²) in [5.74, 6) is 0.564. The quantitative estimate of drug-likeness (QED) is 0.477. The van der Waals surface area contributed by atoms with Gasteiger partial charge in [0, 0.05) is 11.1 Å². The van der Waals surface area contributed by atoms with Crippen molar-refractivity contribution in [2.24, 2.45) is 0 Å². The molecule has 1 aliphatic heterocycles. The van der Waals surface area contributed by atoms with E-state index in [4.69, 9.17) is 9.47 Å². The molecule has 0 atom stereocenters. The smallest absolute Gasteiger partial charge is 0.298 e. The van der Waals surface area contributed by atoms with Crippen molar-refractivity contribution in [1.29, 1.82) is 5.26 Å². The second kappa shape index (κ2) is 9.41. The van der Waals surface area contributed by atoms with Crippen LogP contribution in [0.4, 0.5) is 10.5 Å². The van der Waals surface area contributed by atoms with Crippen molar-refractivity contribution in [1.82, 2.24) is 0 Å². The van der Waals surface area contributed by atoms with Crippen molar-refractivity contribution < 1.29 is 19.1 Å². The van der Waals surface area contributed by atoms with Crippen LogP contribution in [0.5, 0.6) is 11.5 Å². The van der Waals surface area contributed by atoms with Gasteiger partial charge in [-0.3, -0.25) is 9.59 Å². The third-order valence-electron chi connectivity index (χ3n) is 4.85. The number of imide groups is 1. The fourth-order valence-corrected chi connectivity index (χ4v) is 4.10. The number of hydrogen-bond donors (Lipinski definition) is 0. The molecule has 0 saturated carbocycles. The average Bonchev–Trinajstić information content (AvgIpc) is 3.11. The molecule has 2 amide bonds. The number of amides is 2. The highest BCUT2D eigenvalue weighted by atomic mass is 32.2. The second-order valence-electron chi connectivity index (χ2n) is 6.78. The Bertz CT molecular complexity index is 1260. The van der Waals surface area contributed by atoms with Gasteiger partial charge in [0.25, 0.3) is 11.1 Å². The Labute approximate surface area is 189 Å². The van der Waals surface area contributed by atoms with Crippen LogP contribution in [0.1, 0.15) is 16.7 Å². The summed E-state index contributed by atoms with van der Waals surface area (Å²) in [6, 6.07) is 23.5. The number of rotatable bonds is 6. The summed E-state index contributed by atoms with van der Waals surface area (Å²) < 4.78 is 11.3. The van der Waals surface area contributed by atoms with Crippen molar-refractivity contribution in [3.05, 3.63) is 94.4 Å². The summed E-state index contributed by atoms with van der Waals surface area (Å²) in [6.45, 7) is 0.206. The van der Waals surface area contributed by atoms with E-state index in [-0.39, 0.29) is 11.5 Å². The lowest BCUT2D eigenvalue weighted by atomic mass is 10.1. The van der Waals surface area contributed by atoms with E-state index in [2.05, 4.69) is 6.07 Å². The van der Waals surface area contributed by atoms with Crippen molar-refractivity contribution in [3.8, 4) is 17.6 Å². The molecule has 1 fully saturated rings. The molecule has 0 radical (unpaired) electrons. The molecule has 0 unspecified atom stereocenters. The van der Waals surface area contributed by atoms with Gasteiger partial charge in [-0.1, -0.05) is 48.5 Å². The van der Waals surface area contributed by atoms with E-state index >= 15 is 0 Å². The lowest BCUT2D eigenvalue weighted by Gasteiger charge is -2.15. The highest BCUT2D eigenvalue weighted by molar-refractivity contribution is 8.19. The maximum Gasteiger partial charge on any atom is 0.298 e. The Kier molecular flexibility index (Phi) is 6.24. The van der Waals surface area contributed by atoms with E-state index in [1.54, 1.807) is 48.5 Å². The van der Waals surface area contributed by atoms with Crippen LogP contribution in [0, 0.1) is 11.3 Å². The van der Waals surface area contributed by atoms with E-state index in [0.717, 1.165) is 22.2 Å². The van der Waals surface area contributed by atoms with Gasteiger partial charge < -0.3 is 9.47 Å². The fraction of sp³-hybridized carbons (Fsp3) is 0.0800. The third kappa shape index (κ3) is 4.22. The lowest BCUT2D eigenvalue weighted by Crippen LogP contribution is -2.28. The summed E-state index contributed by atoms with van der Waals surface area (Å²) >= 11 is 0.864. The molecule has 0 aromatic heterocycles. The van der Waals surface area contributed by atoms with Gasteiger partial charge >= 0.3 is 0 Å². The molecular weight excluding hydrogens is 424 g/mol. The molecule has 4 rings (SSSR count). The maximum atomic E-state index is 13.0. The van der Waals surface area contributed by atoms with Crippen LogP contribution in [-0.4, -0.2) is 18.3 Å². The standard InChI is InChI=1S/C25H18N2O4S/c1-30-22-13-7-5-11-20(22)27-24(28)23(32-25(27)29)14-17-8-4-6-12-21(17)31-16-19-10-3-2-9-18(19)15-26/h2-14H,16H2,1H3. The van der Waals surface area contributed by atoms with Crippen LogP contribution in [0.2, 0.25) is 0 Å². The fourth-order valence-electron chi connectivity index (χ4n) is 3.27. The molecule has 0 spiro atoms. The molecule has 7 heteroatoms. The van der Waals surface area contributed by atoms with E-state index in [9.17, 15) is 14.9 Å². The Hall–Kier alpha value is -4.02. The monoisotopic (exact) mass is 442 g/mol. The highest BCUT2D eigenvalue weighted by Crippen LogP contribution is 2.40. The molecule has 6 nitrogen and oxygen atoms in total. The van der Waals surface area contributed by atoms with E-state index in [1.165, 1.54) is 7.11 Å². The largest absolute Gasteiger partial charge is 0.495 e. The van der Waals surface area contributed by atoms with Crippen LogP contribution >= 0.6 is 11.8 Å². The van der Waals surface area contributed by atoms with Crippen LogP contribution < -0.4 is 14.4 Å². The number of nitrogens with zero attached hydrogens (tertiary/aromatic N) is 2. The number of anilines is 1. The predicted octanol–water partition coefficient (Wildman–Crippen LogP) is 5.39. The average molecular weight is 442 g/mol. The number of ether oxygens (including phenoxy) is 2. The van der Waals surface area contributed by atoms with Gasteiger partial charge in [0.2, 0.25) is 0 Å². The first-order chi connectivity index (χ1) is 15.6. The van der Waals surface area contributed by atoms with E-state index in [1.807, 2.05) is 30.3 Å². The second-order valence-corrected chi connectivity index (χ2v) is 7.78. The number of methoxy groups -OCH3 is 1. The minimum Gasteiger partial charge on any atom is -0.495 e. The van der Waals surface area contributed by atoms with Crippen molar-refractivity contribution >= 4 is 34.7 Å². The molecule has 0 N–H and O–H groups in total. The third-order valence-corrected chi connectivity index (χ3v) is 5.72. The van der Waals surface area contributed by atoms with Gasteiger partial charge in [0.1, 0.15) is 18.1 Å². The zero-order valence-electron chi connectivity index (χ0n) is 17.1. The lowest BCUT2D eigenvalue weighted by molar-refractivity contribution is -0.113. The van der Waals surface area contributed by atoms with Crippen molar-refractivity contribution in [2.75, 3.05) is 12.0 Å². The first kappa shape index (κ1) is 21.2. The van der Waals surface area contributed by atoms with Crippen molar-refractivity contribution in [2.45, 2.75) is 6.61 Å². The molecule has 1 aliphatic rings. The topological polar surface area (TPSA) is 79.6 Å². The highest BCUT2D eigenvalue weighted by Gasteiger charge is 2.37. The normalized spacial score (nSPS) is 14.5. The van der Waals surface area contributed by atoms with Gasteiger partial charge in [0.15, 0.2) is 0 Å². The van der Waals surface area contributed by atoms with Gasteiger partial charge in [0.05, 0.1) is 29.3 Å². The Morgan fingerprint density at radius 2 is 1.66 bits per heavy atom. The summed E-state index contributed by atoms with van der Waals surface area (Å²) in [5.41, 5.74) is 2.37. The van der Waals surface area contributed by atoms with Gasteiger partial charge in [-0.15, -0.1) is 0 Å². The first-order valence-electron chi connectivity index (χ1n) is 9.73. The molecular formula is C25H18N2O4S. The first-order valence-corrected chi connectivity index (χ1v) is 10.5.